The Kier molecular flexibility index (Phi) is 4.73. The second kappa shape index (κ2) is 7.11. The van der Waals surface area contributed by atoms with Crippen molar-refractivity contribution in [2.75, 3.05) is 23.7 Å². The summed E-state index contributed by atoms with van der Waals surface area (Å²) in [6.45, 7) is 1.78. The fourth-order valence-electron chi connectivity index (χ4n) is 2.44. The van der Waals surface area contributed by atoms with E-state index >= 15 is 0 Å². The molecule has 3 heterocycles. The van der Waals surface area contributed by atoms with Gasteiger partial charge in [-0.15, -0.1) is 21.6 Å². The average molecular weight is 328 g/mol. The monoisotopic (exact) mass is 328 g/mol. The van der Waals surface area contributed by atoms with Gasteiger partial charge in [-0.05, 0) is 19.3 Å². The third-order valence-corrected chi connectivity index (χ3v) is 4.14. The van der Waals surface area contributed by atoms with Crippen molar-refractivity contribution in [1.29, 1.82) is 5.26 Å². The van der Waals surface area contributed by atoms with Crippen LogP contribution in [0.1, 0.15) is 25.1 Å². The summed E-state index contributed by atoms with van der Waals surface area (Å²) in [6.07, 6.45) is 5.19. The molecule has 0 radical (unpaired) electrons. The minimum Gasteiger partial charge on any atom is -0.382 e. The molecular formula is C14H16N8S. The van der Waals surface area contributed by atoms with Crippen LogP contribution in [0.3, 0.4) is 0 Å². The fourth-order valence-corrected chi connectivity index (χ4v) is 2.89. The van der Waals surface area contributed by atoms with Crippen LogP contribution in [0.4, 0.5) is 22.5 Å². The SMILES string of the molecule is N#CCc1nc(N)c(N=Nc2nccs2)c(N2CCCCC2)n1. The highest BCUT2D eigenvalue weighted by molar-refractivity contribution is 7.13. The van der Waals surface area contributed by atoms with Gasteiger partial charge in [0, 0.05) is 24.7 Å². The fraction of sp³-hybridized carbons (Fsp3) is 0.429. The van der Waals surface area contributed by atoms with E-state index in [1.54, 1.807) is 6.20 Å². The second-order valence-electron chi connectivity index (χ2n) is 5.09. The van der Waals surface area contributed by atoms with Crippen LogP contribution in [0.25, 0.3) is 0 Å². The topological polar surface area (TPSA) is 116 Å². The van der Waals surface area contributed by atoms with Crippen molar-refractivity contribution in [2.45, 2.75) is 25.7 Å². The highest BCUT2D eigenvalue weighted by Gasteiger charge is 2.20. The summed E-state index contributed by atoms with van der Waals surface area (Å²) in [6, 6.07) is 2.05. The molecule has 2 aromatic heterocycles. The van der Waals surface area contributed by atoms with E-state index in [1.807, 2.05) is 5.38 Å². The van der Waals surface area contributed by atoms with E-state index in [4.69, 9.17) is 11.0 Å². The van der Waals surface area contributed by atoms with Gasteiger partial charge in [0.15, 0.2) is 17.3 Å². The van der Waals surface area contributed by atoms with Crippen molar-refractivity contribution >= 4 is 33.8 Å². The molecule has 0 aromatic carbocycles. The Morgan fingerprint density at radius 1 is 1.26 bits per heavy atom. The van der Waals surface area contributed by atoms with E-state index in [0.717, 1.165) is 25.9 Å². The summed E-state index contributed by atoms with van der Waals surface area (Å²) < 4.78 is 0. The van der Waals surface area contributed by atoms with E-state index in [2.05, 4.69) is 36.1 Å². The van der Waals surface area contributed by atoms with Gasteiger partial charge in [0.1, 0.15) is 5.82 Å². The Bertz CT molecular complexity index is 728. The number of nitrogen functional groups attached to an aromatic ring is 1. The molecule has 3 rings (SSSR count). The lowest BCUT2D eigenvalue weighted by Crippen LogP contribution is -2.30. The van der Waals surface area contributed by atoms with Crippen LogP contribution in [-0.2, 0) is 6.42 Å². The van der Waals surface area contributed by atoms with E-state index < -0.39 is 0 Å². The number of nitrogens with two attached hydrogens (primary N) is 1. The quantitative estimate of drug-likeness (QED) is 0.862. The van der Waals surface area contributed by atoms with Gasteiger partial charge in [-0.25, -0.2) is 15.0 Å². The van der Waals surface area contributed by atoms with Crippen LogP contribution < -0.4 is 10.6 Å². The van der Waals surface area contributed by atoms with Gasteiger partial charge in [-0.1, -0.05) is 0 Å². The highest BCUT2D eigenvalue weighted by atomic mass is 32.1. The molecule has 118 valence electrons. The summed E-state index contributed by atoms with van der Waals surface area (Å²) in [5.41, 5.74) is 6.49. The van der Waals surface area contributed by atoms with Gasteiger partial charge in [0.2, 0.25) is 5.13 Å². The number of aromatic nitrogens is 3. The van der Waals surface area contributed by atoms with Crippen molar-refractivity contribution < 1.29 is 0 Å². The van der Waals surface area contributed by atoms with Gasteiger partial charge >= 0.3 is 0 Å². The first-order valence-corrected chi connectivity index (χ1v) is 8.25. The first kappa shape index (κ1) is 15.3. The first-order valence-electron chi connectivity index (χ1n) is 7.37. The lowest BCUT2D eigenvalue weighted by atomic mass is 10.1. The van der Waals surface area contributed by atoms with Crippen LogP contribution >= 0.6 is 11.3 Å². The smallest absolute Gasteiger partial charge is 0.229 e. The predicted molar refractivity (Wildman–Crippen MR) is 88.1 cm³/mol. The van der Waals surface area contributed by atoms with Crippen molar-refractivity contribution in [3.8, 4) is 6.07 Å². The van der Waals surface area contributed by atoms with Gasteiger partial charge in [0.05, 0.1) is 12.5 Å². The molecular weight excluding hydrogens is 312 g/mol. The van der Waals surface area contributed by atoms with Crippen molar-refractivity contribution in [3.63, 3.8) is 0 Å². The second-order valence-corrected chi connectivity index (χ2v) is 5.97. The molecule has 0 atom stereocenters. The number of hydrogen-bond donors (Lipinski definition) is 1. The standard InChI is InChI=1S/C14H16N8S/c15-5-4-10-18-12(16)11(20-21-14-17-6-9-23-14)13(19-10)22-7-2-1-3-8-22/h6,9H,1-4,7-8H2,(H2,16,18,19). The van der Waals surface area contributed by atoms with E-state index in [9.17, 15) is 0 Å². The van der Waals surface area contributed by atoms with E-state index in [1.165, 1.54) is 17.8 Å². The lowest BCUT2D eigenvalue weighted by molar-refractivity contribution is 0.572. The summed E-state index contributed by atoms with van der Waals surface area (Å²) in [7, 11) is 0. The molecule has 1 aliphatic rings. The molecule has 1 fully saturated rings. The normalized spacial score (nSPS) is 15.0. The van der Waals surface area contributed by atoms with Crippen LogP contribution in [-0.4, -0.2) is 28.0 Å². The third kappa shape index (κ3) is 3.60. The first-order chi connectivity index (χ1) is 11.3. The Balaban J connectivity index is 1.99. The Labute approximate surface area is 137 Å². The zero-order valence-electron chi connectivity index (χ0n) is 12.5. The minimum absolute atomic E-state index is 0.120. The molecule has 1 saturated heterocycles. The van der Waals surface area contributed by atoms with Gasteiger partial charge in [-0.3, -0.25) is 0 Å². The average Bonchev–Trinajstić information content (AvgIpc) is 3.08. The molecule has 2 N–H and O–H groups in total. The van der Waals surface area contributed by atoms with Crippen molar-refractivity contribution in [2.24, 2.45) is 10.2 Å². The highest BCUT2D eigenvalue weighted by Crippen LogP contribution is 2.34. The maximum absolute atomic E-state index is 8.88. The molecule has 0 aliphatic carbocycles. The molecule has 0 spiro atoms. The number of rotatable bonds is 4. The largest absolute Gasteiger partial charge is 0.382 e. The van der Waals surface area contributed by atoms with Crippen LogP contribution in [0.2, 0.25) is 0 Å². The van der Waals surface area contributed by atoms with E-state index in [-0.39, 0.29) is 12.2 Å². The number of azo groups is 1. The van der Waals surface area contributed by atoms with Crippen LogP contribution in [0.15, 0.2) is 21.8 Å². The predicted octanol–water partition coefficient (Wildman–Crippen LogP) is 2.99. The Morgan fingerprint density at radius 3 is 2.78 bits per heavy atom. The molecule has 0 saturated carbocycles. The number of anilines is 2. The number of nitriles is 1. The molecule has 1 aliphatic heterocycles. The summed E-state index contributed by atoms with van der Waals surface area (Å²) >= 11 is 1.39. The zero-order valence-corrected chi connectivity index (χ0v) is 13.3. The van der Waals surface area contributed by atoms with Crippen LogP contribution in [0.5, 0.6) is 0 Å². The lowest BCUT2D eigenvalue weighted by Gasteiger charge is -2.28. The van der Waals surface area contributed by atoms with E-state index in [0.29, 0.717) is 22.5 Å². The number of hydrogen-bond acceptors (Lipinski definition) is 9. The van der Waals surface area contributed by atoms with Crippen molar-refractivity contribution in [3.05, 3.63) is 17.4 Å². The summed E-state index contributed by atoms with van der Waals surface area (Å²) in [4.78, 5) is 14.9. The maximum Gasteiger partial charge on any atom is 0.229 e. The molecule has 0 bridgehead atoms. The minimum atomic E-state index is 0.120. The molecule has 9 heteroatoms. The molecule has 0 amide bonds. The van der Waals surface area contributed by atoms with Gasteiger partial charge in [0.25, 0.3) is 0 Å². The zero-order chi connectivity index (χ0) is 16.1. The molecule has 0 unspecified atom stereocenters. The molecule has 8 nitrogen and oxygen atoms in total. The summed E-state index contributed by atoms with van der Waals surface area (Å²) in [5.74, 6) is 1.31. The maximum atomic E-state index is 8.88. The third-order valence-electron chi connectivity index (χ3n) is 3.49. The Morgan fingerprint density at radius 2 is 2.09 bits per heavy atom. The van der Waals surface area contributed by atoms with Crippen molar-refractivity contribution in [1.82, 2.24) is 15.0 Å². The van der Waals surface area contributed by atoms with Gasteiger partial charge in [-0.2, -0.15) is 5.26 Å². The number of piperidine rings is 1. The molecule has 23 heavy (non-hydrogen) atoms. The van der Waals surface area contributed by atoms with Gasteiger partial charge < -0.3 is 10.6 Å². The number of thiazole rings is 1. The Hall–Kier alpha value is -2.60. The number of nitrogens with zero attached hydrogens (tertiary/aromatic N) is 7. The molecule has 2 aromatic rings. The summed E-state index contributed by atoms with van der Waals surface area (Å²) in [5, 5.41) is 19.6. The van der Waals surface area contributed by atoms with Crippen LogP contribution in [0, 0.1) is 11.3 Å².